The minimum absolute atomic E-state index is 0.0369. The van der Waals surface area contributed by atoms with Crippen molar-refractivity contribution < 1.29 is 4.79 Å². The van der Waals surface area contributed by atoms with Gasteiger partial charge >= 0.3 is 0 Å². The van der Waals surface area contributed by atoms with Gasteiger partial charge in [-0.2, -0.15) is 0 Å². The number of hydrogen-bond acceptors (Lipinski definition) is 2. The molecule has 0 radical (unpaired) electrons. The second kappa shape index (κ2) is 5.24. The van der Waals surface area contributed by atoms with Gasteiger partial charge in [-0.05, 0) is 36.8 Å². The van der Waals surface area contributed by atoms with Crippen LogP contribution in [0.1, 0.15) is 51.6 Å². The molecule has 0 bridgehead atoms. The zero-order valence-corrected chi connectivity index (χ0v) is 12.1. The average molecular weight is 260 g/mol. The molecule has 1 aliphatic rings. The molecule has 3 heteroatoms. The van der Waals surface area contributed by atoms with Gasteiger partial charge in [-0.3, -0.25) is 4.79 Å². The molecule has 0 spiro atoms. The van der Waals surface area contributed by atoms with Crippen LogP contribution in [0.3, 0.4) is 0 Å². The summed E-state index contributed by atoms with van der Waals surface area (Å²) in [4.78, 5) is 12.4. The Kier molecular flexibility index (Phi) is 3.83. The number of carbonyl (C=O) groups is 1. The second-order valence-corrected chi connectivity index (χ2v) is 6.29. The van der Waals surface area contributed by atoms with Crippen LogP contribution in [-0.4, -0.2) is 5.91 Å². The highest BCUT2D eigenvalue weighted by molar-refractivity contribution is 5.80. The van der Waals surface area contributed by atoms with Gasteiger partial charge in [0.05, 0.1) is 6.04 Å². The van der Waals surface area contributed by atoms with Crippen LogP contribution in [0.5, 0.6) is 0 Å². The first-order valence-corrected chi connectivity index (χ1v) is 7.06. The van der Waals surface area contributed by atoms with Crippen LogP contribution in [0.15, 0.2) is 24.3 Å². The monoisotopic (exact) mass is 260 g/mol. The topological polar surface area (TPSA) is 55.1 Å². The van der Waals surface area contributed by atoms with Crippen molar-refractivity contribution in [2.75, 3.05) is 5.73 Å². The molecule has 1 fully saturated rings. The predicted octanol–water partition coefficient (Wildman–Crippen LogP) is 3.27. The van der Waals surface area contributed by atoms with Crippen molar-refractivity contribution in [2.45, 2.75) is 46.1 Å². The third kappa shape index (κ3) is 2.91. The van der Waals surface area contributed by atoms with Crippen molar-refractivity contribution in [1.29, 1.82) is 0 Å². The molecule has 1 amide bonds. The van der Waals surface area contributed by atoms with Crippen molar-refractivity contribution in [1.82, 2.24) is 5.32 Å². The van der Waals surface area contributed by atoms with E-state index in [0.717, 1.165) is 30.5 Å². The largest absolute Gasteiger partial charge is 0.398 e. The van der Waals surface area contributed by atoms with E-state index in [2.05, 4.69) is 19.2 Å². The van der Waals surface area contributed by atoms with Gasteiger partial charge in [0.25, 0.3) is 0 Å². The molecule has 19 heavy (non-hydrogen) atoms. The number of carbonyl (C=O) groups excluding carboxylic acids is 1. The molecule has 2 rings (SSSR count). The Labute approximate surface area is 115 Å². The third-order valence-corrected chi connectivity index (χ3v) is 4.40. The highest BCUT2D eigenvalue weighted by atomic mass is 16.2. The van der Waals surface area contributed by atoms with Gasteiger partial charge in [0.1, 0.15) is 0 Å². The van der Waals surface area contributed by atoms with E-state index in [0.29, 0.717) is 0 Å². The molecule has 0 saturated heterocycles. The normalized spacial score (nSPS) is 23.0. The lowest BCUT2D eigenvalue weighted by molar-refractivity contribution is -0.128. The van der Waals surface area contributed by atoms with Gasteiger partial charge in [-0.1, -0.05) is 38.5 Å². The van der Waals surface area contributed by atoms with E-state index < -0.39 is 0 Å². The molecule has 104 valence electrons. The maximum Gasteiger partial charge on any atom is 0.224 e. The van der Waals surface area contributed by atoms with Crippen molar-refractivity contribution >= 4 is 11.6 Å². The number of anilines is 1. The van der Waals surface area contributed by atoms with Gasteiger partial charge in [-0.15, -0.1) is 0 Å². The smallest absolute Gasteiger partial charge is 0.224 e. The highest BCUT2D eigenvalue weighted by Crippen LogP contribution is 2.42. The van der Waals surface area contributed by atoms with E-state index >= 15 is 0 Å². The van der Waals surface area contributed by atoms with Crippen LogP contribution >= 0.6 is 0 Å². The molecular formula is C16H24N2O. The summed E-state index contributed by atoms with van der Waals surface area (Å²) in [7, 11) is 0. The van der Waals surface area contributed by atoms with Gasteiger partial charge in [0.2, 0.25) is 5.91 Å². The SMILES string of the molecule is CC(NC(=O)C1CCCC1(C)C)c1ccccc1N. The fourth-order valence-corrected chi connectivity index (χ4v) is 3.11. The fourth-order valence-electron chi connectivity index (χ4n) is 3.11. The Bertz CT molecular complexity index is 468. The number of nitrogens with one attached hydrogen (secondary N) is 1. The summed E-state index contributed by atoms with van der Waals surface area (Å²) in [5.74, 6) is 0.290. The molecule has 1 aromatic carbocycles. The van der Waals surface area contributed by atoms with E-state index in [-0.39, 0.29) is 23.3 Å². The summed E-state index contributed by atoms with van der Waals surface area (Å²) < 4.78 is 0. The second-order valence-electron chi connectivity index (χ2n) is 6.29. The standard InChI is InChI=1S/C16H24N2O/c1-11(12-7-4-5-9-14(12)17)18-15(19)13-8-6-10-16(13,2)3/h4-5,7,9,11,13H,6,8,10,17H2,1-3H3,(H,18,19). The summed E-state index contributed by atoms with van der Waals surface area (Å²) in [6.07, 6.45) is 3.27. The Balaban J connectivity index is 2.05. The van der Waals surface area contributed by atoms with Crippen LogP contribution in [0.4, 0.5) is 5.69 Å². The molecule has 1 aliphatic carbocycles. The quantitative estimate of drug-likeness (QED) is 0.819. The molecule has 0 heterocycles. The van der Waals surface area contributed by atoms with Crippen LogP contribution in [-0.2, 0) is 4.79 Å². The first-order chi connectivity index (χ1) is 8.92. The number of benzene rings is 1. The first kappa shape index (κ1) is 13.9. The number of rotatable bonds is 3. The van der Waals surface area contributed by atoms with E-state index in [1.54, 1.807) is 0 Å². The molecule has 3 nitrogen and oxygen atoms in total. The number of para-hydroxylation sites is 1. The zero-order chi connectivity index (χ0) is 14.0. The maximum absolute atomic E-state index is 12.4. The van der Waals surface area contributed by atoms with Crippen molar-refractivity contribution in [3.05, 3.63) is 29.8 Å². The van der Waals surface area contributed by atoms with Crippen LogP contribution < -0.4 is 11.1 Å². The summed E-state index contributed by atoms with van der Waals surface area (Å²) in [6.45, 7) is 6.36. The molecule has 0 aromatic heterocycles. The minimum Gasteiger partial charge on any atom is -0.398 e. The predicted molar refractivity (Wildman–Crippen MR) is 78.5 cm³/mol. The molecule has 0 aliphatic heterocycles. The summed E-state index contributed by atoms with van der Waals surface area (Å²) in [6, 6.07) is 7.67. The Hall–Kier alpha value is -1.51. The van der Waals surface area contributed by atoms with Crippen molar-refractivity contribution in [3.63, 3.8) is 0 Å². The van der Waals surface area contributed by atoms with E-state index in [9.17, 15) is 4.79 Å². The Morgan fingerprint density at radius 3 is 2.68 bits per heavy atom. The Morgan fingerprint density at radius 2 is 2.11 bits per heavy atom. The molecule has 2 atom stereocenters. The average Bonchev–Trinajstić information content (AvgIpc) is 2.69. The lowest BCUT2D eigenvalue weighted by Gasteiger charge is -2.27. The number of hydrogen-bond donors (Lipinski definition) is 2. The van der Waals surface area contributed by atoms with Gasteiger partial charge in [-0.25, -0.2) is 0 Å². The number of nitrogens with two attached hydrogens (primary N) is 1. The van der Waals surface area contributed by atoms with Crippen molar-refractivity contribution in [2.24, 2.45) is 11.3 Å². The van der Waals surface area contributed by atoms with Gasteiger partial charge in [0.15, 0.2) is 0 Å². The Morgan fingerprint density at radius 1 is 1.42 bits per heavy atom. The summed E-state index contributed by atoms with van der Waals surface area (Å²) in [5.41, 5.74) is 7.80. The van der Waals surface area contributed by atoms with E-state index in [4.69, 9.17) is 5.73 Å². The number of nitrogen functional groups attached to an aromatic ring is 1. The maximum atomic E-state index is 12.4. The van der Waals surface area contributed by atoms with E-state index in [1.807, 2.05) is 31.2 Å². The third-order valence-electron chi connectivity index (χ3n) is 4.40. The molecule has 1 saturated carbocycles. The lowest BCUT2D eigenvalue weighted by atomic mass is 9.81. The van der Waals surface area contributed by atoms with Crippen LogP contribution in [0, 0.1) is 11.3 Å². The first-order valence-electron chi connectivity index (χ1n) is 7.06. The lowest BCUT2D eigenvalue weighted by Crippen LogP contribution is -2.37. The van der Waals surface area contributed by atoms with Gasteiger partial charge in [0, 0.05) is 11.6 Å². The highest BCUT2D eigenvalue weighted by Gasteiger charge is 2.39. The summed E-state index contributed by atoms with van der Waals surface area (Å²) >= 11 is 0. The molecule has 1 aromatic rings. The molecular weight excluding hydrogens is 236 g/mol. The van der Waals surface area contributed by atoms with E-state index in [1.165, 1.54) is 0 Å². The molecule has 3 N–H and O–H groups in total. The van der Waals surface area contributed by atoms with Crippen LogP contribution in [0.25, 0.3) is 0 Å². The minimum atomic E-state index is -0.0369. The van der Waals surface area contributed by atoms with Crippen LogP contribution in [0.2, 0.25) is 0 Å². The zero-order valence-electron chi connectivity index (χ0n) is 12.1. The fraction of sp³-hybridized carbons (Fsp3) is 0.562. The van der Waals surface area contributed by atoms with Gasteiger partial charge < -0.3 is 11.1 Å². The molecule has 2 unspecified atom stereocenters. The van der Waals surface area contributed by atoms with Crippen molar-refractivity contribution in [3.8, 4) is 0 Å². The number of amides is 1. The summed E-state index contributed by atoms with van der Waals surface area (Å²) in [5, 5.41) is 3.12.